The van der Waals surface area contributed by atoms with E-state index in [4.69, 9.17) is 11.6 Å². The molecule has 1 aromatic heterocycles. The van der Waals surface area contributed by atoms with Crippen LogP contribution in [0.3, 0.4) is 0 Å². The quantitative estimate of drug-likeness (QED) is 0.895. The van der Waals surface area contributed by atoms with Gasteiger partial charge >= 0.3 is 6.18 Å². The SMILES string of the molecule is O=C(NCC(F)(F)F)c1sc2ccccc2c1Cl. The summed E-state index contributed by atoms with van der Waals surface area (Å²) in [6.07, 6.45) is -4.43. The minimum Gasteiger partial charge on any atom is -0.342 e. The molecule has 0 atom stereocenters. The second kappa shape index (κ2) is 4.78. The Morgan fingerprint density at radius 3 is 2.61 bits per heavy atom. The third kappa shape index (κ3) is 2.76. The van der Waals surface area contributed by atoms with Gasteiger partial charge in [0.1, 0.15) is 11.4 Å². The molecule has 0 radical (unpaired) electrons. The fourth-order valence-corrected chi connectivity index (χ4v) is 2.85. The summed E-state index contributed by atoms with van der Waals surface area (Å²) in [5, 5.41) is 2.66. The lowest BCUT2D eigenvalue weighted by Gasteiger charge is -2.07. The van der Waals surface area contributed by atoms with Crippen molar-refractivity contribution in [3.8, 4) is 0 Å². The first kappa shape index (κ1) is 13.2. The minimum absolute atomic E-state index is 0.0992. The molecule has 2 nitrogen and oxygen atoms in total. The largest absolute Gasteiger partial charge is 0.405 e. The van der Waals surface area contributed by atoms with E-state index in [2.05, 4.69) is 0 Å². The van der Waals surface area contributed by atoms with Crippen molar-refractivity contribution < 1.29 is 18.0 Å². The van der Waals surface area contributed by atoms with Gasteiger partial charge in [0.25, 0.3) is 5.91 Å². The summed E-state index contributed by atoms with van der Waals surface area (Å²) >= 11 is 7.04. The molecular formula is C11H7ClF3NOS. The van der Waals surface area contributed by atoms with Gasteiger partial charge in [-0.2, -0.15) is 13.2 Å². The predicted octanol–water partition coefficient (Wildman–Crippen LogP) is 3.85. The molecule has 2 rings (SSSR count). The van der Waals surface area contributed by atoms with Crippen molar-refractivity contribution in [1.29, 1.82) is 0 Å². The molecule has 0 saturated carbocycles. The summed E-state index contributed by atoms with van der Waals surface area (Å²) in [5.41, 5.74) is 0. The predicted molar refractivity (Wildman–Crippen MR) is 65.2 cm³/mol. The second-order valence-corrected chi connectivity index (χ2v) is 4.97. The van der Waals surface area contributed by atoms with Gasteiger partial charge in [-0.25, -0.2) is 0 Å². The molecule has 0 unspecified atom stereocenters. The topological polar surface area (TPSA) is 29.1 Å². The Bertz CT molecular complexity index is 593. The van der Waals surface area contributed by atoms with Gasteiger partial charge in [0, 0.05) is 10.1 Å². The van der Waals surface area contributed by atoms with Gasteiger partial charge in [0.15, 0.2) is 0 Å². The van der Waals surface area contributed by atoms with Crippen LogP contribution in [0.15, 0.2) is 24.3 Å². The Balaban J connectivity index is 2.26. The Morgan fingerprint density at radius 2 is 2.00 bits per heavy atom. The number of carbonyl (C=O) groups excluding carboxylic acids is 1. The molecule has 1 heterocycles. The maximum atomic E-state index is 12.0. The van der Waals surface area contributed by atoms with Gasteiger partial charge in [0.2, 0.25) is 0 Å². The number of halogens is 4. The number of nitrogens with one attached hydrogen (secondary N) is 1. The van der Waals surface area contributed by atoms with E-state index in [1.807, 2.05) is 0 Å². The summed E-state index contributed by atoms with van der Waals surface area (Å²) in [5.74, 6) is -0.807. The van der Waals surface area contributed by atoms with Crippen LogP contribution in [0.5, 0.6) is 0 Å². The molecule has 1 amide bonds. The van der Waals surface area contributed by atoms with E-state index < -0.39 is 18.6 Å². The highest BCUT2D eigenvalue weighted by atomic mass is 35.5. The van der Waals surface area contributed by atoms with E-state index in [0.717, 1.165) is 16.0 Å². The van der Waals surface area contributed by atoms with Crippen molar-refractivity contribution in [2.75, 3.05) is 6.54 Å². The van der Waals surface area contributed by atoms with Crippen molar-refractivity contribution in [3.63, 3.8) is 0 Å². The number of hydrogen-bond acceptors (Lipinski definition) is 2. The van der Waals surface area contributed by atoms with Crippen LogP contribution in [-0.2, 0) is 0 Å². The number of carbonyl (C=O) groups is 1. The van der Waals surface area contributed by atoms with Crippen LogP contribution in [0.25, 0.3) is 10.1 Å². The lowest BCUT2D eigenvalue weighted by molar-refractivity contribution is -0.123. The maximum absolute atomic E-state index is 12.0. The van der Waals surface area contributed by atoms with Crippen molar-refractivity contribution in [2.45, 2.75) is 6.18 Å². The minimum atomic E-state index is -4.43. The van der Waals surface area contributed by atoms with Gasteiger partial charge in [0.05, 0.1) is 5.02 Å². The number of benzene rings is 1. The van der Waals surface area contributed by atoms with E-state index in [1.54, 1.807) is 29.6 Å². The summed E-state index contributed by atoms with van der Waals surface area (Å²) in [4.78, 5) is 11.7. The van der Waals surface area contributed by atoms with Crippen molar-refractivity contribution in [1.82, 2.24) is 5.32 Å². The van der Waals surface area contributed by atoms with Crippen LogP contribution in [0.4, 0.5) is 13.2 Å². The average Bonchev–Trinajstić information content (AvgIpc) is 2.64. The zero-order valence-electron chi connectivity index (χ0n) is 8.84. The zero-order chi connectivity index (χ0) is 13.3. The number of hydrogen-bond donors (Lipinski definition) is 1. The molecule has 0 bridgehead atoms. The Kier molecular flexibility index (Phi) is 3.49. The van der Waals surface area contributed by atoms with Gasteiger partial charge in [-0.1, -0.05) is 29.8 Å². The van der Waals surface area contributed by atoms with Gasteiger partial charge in [-0.3, -0.25) is 4.79 Å². The van der Waals surface area contributed by atoms with Crippen molar-refractivity contribution in [3.05, 3.63) is 34.2 Å². The number of amides is 1. The van der Waals surface area contributed by atoms with Crippen LogP contribution < -0.4 is 5.32 Å². The van der Waals surface area contributed by atoms with E-state index in [0.29, 0.717) is 5.39 Å². The van der Waals surface area contributed by atoms with Crippen LogP contribution in [0.2, 0.25) is 5.02 Å². The van der Waals surface area contributed by atoms with E-state index in [9.17, 15) is 18.0 Å². The van der Waals surface area contributed by atoms with Gasteiger partial charge in [-0.05, 0) is 6.07 Å². The van der Waals surface area contributed by atoms with E-state index >= 15 is 0 Å². The lowest BCUT2D eigenvalue weighted by Crippen LogP contribution is -2.33. The van der Waals surface area contributed by atoms with Crippen LogP contribution in [-0.4, -0.2) is 18.6 Å². The molecule has 96 valence electrons. The summed E-state index contributed by atoms with van der Waals surface area (Å²) in [6.45, 7) is -1.36. The van der Waals surface area contributed by atoms with Crippen molar-refractivity contribution in [2.24, 2.45) is 0 Å². The molecule has 2 aromatic rings. The molecular weight excluding hydrogens is 287 g/mol. The van der Waals surface area contributed by atoms with Gasteiger partial charge < -0.3 is 5.32 Å². The molecule has 0 aliphatic carbocycles. The smallest absolute Gasteiger partial charge is 0.342 e. The second-order valence-electron chi connectivity index (χ2n) is 3.54. The highest BCUT2D eigenvalue weighted by Crippen LogP contribution is 2.35. The molecule has 1 N–H and O–H groups in total. The molecule has 0 saturated heterocycles. The maximum Gasteiger partial charge on any atom is 0.405 e. The normalized spacial score (nSPS) is 11.8. The van der Waals surface area contributed by atoms with E-state index in [-0.39, 0.29) is 9.90 Å². The number of fused-ring (bicyclic) bond motifs is 1. The van der Waals surface area contributed by atoms with Crippen LogP contribution >= 0.6 is 22.9 Å². The number of thiophene rings is 1. The first-order valence-electron chi connectivity index (χ1n) is 4.90. The Labute approximate surface area is 109 Å². The highest BCUT2D eigenvalue weighted by molar-refractivity contribution is 7.21. The molecule has 1 aromatic carbocycles. The molecule has 7 heteroatoms. The monoisotopic (exact) mass is 293 g/mol. The van der Waals surface area contributed by atoms with Crippen molar-refractivity contribution >= 4 is 38.9 Å². The fourth-order valence-electron chi connectivity index (χ4n) is 1.42. The molecule has 0 fully saturated rings. The molecule has 0 aliphatic heterocycles. The summed E-state index contributed by atoms with van der Waals surface area (Å²) < 4.78 is 36.7. The molecule has 0 aliphatic rings. The number of alkyl halides is 3. The first-order valence-corrected chi connectivity index (χ1v) is 6.10. The standard InChI is InChI=1S/C11H7ClF3NOS/c12-8-6-3-1-2-4-7(6)18-9(8)10(17)16-5-11(13,14)15/h1-4H,5H2,(H,16,17). The first-order chi connectivity index (χ1) is 8.38. The number of rotatable bonds is 2. The third-order valence-corrected chi connectivity index (χ3v) is 3.86. The zero-order valence-corrected chi connectivity index (χ0v) is 10.4. The molecule has 18 heavy (non-hydrogen) atoms. The summed E-state index contributed by atoms with van der Waals surface area (Å²) in [7, 11) is 0. The summed E-state index contributed by atoms with van der Waals surface area (Å²) in [6, 6.07) is 6.99. The third-order valence-electron chi connectivity index (χ3n) is 2.19. The lowest BCUT2D eigenvalue weighted by atomic mass is 10.2. The van der Waals surface area contributed by atoms with Crippen LogP contribution in [0.1, 0.15) is 9.67 Å². The fraction of sp³-hybridized carbons (Fsp3) is 0.182. The van der Waals surface area contributed by atoms with Crippen LogP contribution in [0, 0.1) is 0 Å². The Morgan fingerprint density at radius 1 is 1.33 bits per heavy atom. The highest BCUT2D eigenvalue weighted by Gasteiger charge is 2.28. The average molecular weight is 294 g/mol. The Hall–Kier alpha value is -1.27. The molecule has 0 spiro atoms. The van der Waals surface area contributed by atoms with E-state index in [1.165, 1.54) is 0 Å². The van der Waals surface area contributed by atoms with Gasteiger partial charge in [-0.15, -0.1) is 11.3 Å².